The van der Waals surface area contributed by atoms with E-state index in [1.165, 1.54) is 0 Å². The summed E-state index contributed by atoms with van der Waals surface area (Å²) in [5, 5.41) is 9.87. The molecule has 0 radical (unpaired) electrons. The number of imide groups is 1. The van der Waals surface area contributed by atoms with Gasteiger partial charge in [-0.25, -0.2) is 9.88 Å². The number of anilines is 1. The van der Waals surface area contributed by atoms with Gasteiger partial charge in [0.25, 0.3) is 0 Å². The van der Waals surface area contributed by atoms with Crippen LogP contribution >= 0.6 is 23.1 Å². The van der Waals surface area contributed by atoms with E-state index in [4.69, 9.17) is 9.84 Å². The number of carboxylic acids is 1. The van der Waals surface area contributed by atoms with E-state index in [1.807, 2.05) is 0 Å². The minimum absolute atomic E-state index is 0.0165. The average molecular weight is 372 g/mol. The Bertz CT molecular complexity index is 659. The van der Waals surface area contributed by atoms with Gasteiger partial charge in [-0.05, 0) is 6.92 Å². The third kappa shape index (κ3) is 4.54. The largest absolute Gasteiger partial charge is 0.481 e. The Morgan fingerprint density at radius 3 is 2.92 bits per heavy atom. The lowest BCUT2D eigenvalue weighted by Gasteiger charge is -2.10. The van der Waals surface area contributed by atoms with Gasteiger partial charge in [0.2, 0.25) is 11.8 Å². The van der Waals surface area contributed by atoms with Gasteiger partial charge < -0.3 is 9.84 Å². The summed E-state index contributed by atoms with van der Waals surface area (Å²) in [5.41, 5.74) is 0.441. The number of nitrogens with zero attached hydrogens (tertiary/aromatic N) is 2. The molecular weight excluding hydrogens is 356 g/mol. The van der Waals surface area contributed by atoms with Crippen LogP contribution in [0.1, 0.15) is 25.5 Å². The lowest BCUT2D eigenvalue weighted by molar-refractivity contribution is -0.142. The Balaban J connectivity index is 2.00. The lowest BCUT2D eigenvalue weighted by atomic mass is 10.3. The number of carboxylic acid groups (broad SMARTS) is 1. The molecule has 0 aliphatic carbocycles. The summed E-state index contributed by atoms with van der Waals surface area (Å²) < 4.78 is 4.83. The Morgan fingerprint density at radius 1 is 1.50 bits per heavy atom. The van der Waals surface area contributed by atoms with Crippen molar-refractivity contribution in [3.8, 4) is 0 Å². The van der Waals surface area contributed by atoms with E-state index in [2.05, 4.69) is 4.98 Å². The lowest BCUT2D eigenvalue weighted by Crippen LogP contribution is -2.31. The van der Waals surface area contributed by atoms with Crippen molar-refractivity contribution in [3.63, 3.8) is 0 Å². The first-order chi connectivity index (χ1) is 11.4. The van der Waals surface area contributed by atoms with Crippen molar-refractivity contribution in [1.82, 2.24) is 4.98 Å². The molecule has 130 valence electrons. The third-order valence-electron chi connectivity index (χ3n) is 3.10. The first-order valence-electron chi connectivity index (χ1n) is 7.22. The molecule has 8 nitrogen and oxygen atoms in total. The number of aromatic nitrogens is 1. The molecule has 0 aromatic carbocycles. The maximum absolute atomic E-state index is 12.3. The highest BCUT2D eigenvalue weighted by atomic mass is 32.2. The van der Waals surface area contributed by atoms with Crippen LogP contribution < -0.4 is 4.90 Å². The van der Waals surface area contributed by atoms with Gasteiger partial charge in [-0.2, -0.15) is 0 Å². The van der Waals surface area contributed by atoms with Crippen molar-refractivity contribution in [3.05, 3.63) is 11.1 Å². The van der Waals surface area contributed by atoms with E-state index in [1.54, 1.807) is 12.3 Å². The highest BCUT2D eigenvalue weighted by molar-refractivity contribution is 8.00. The molecule has 1 N–H and O–H groups in total. The van der Waals surface area contributed by atoms with Crippen LogP contribution in [0.5, 0.6) is 0 Å². The highest BCUT2D eigenvalue weighted by Gasteiger charge is 2.41. The molecule has 1 atom stereocenters. The number of ether oxygens (including phenoxy) is 1. The van der Waals surface area contributed by atoms with E-state index in [0.29, 0.717) is 5.69 Å². The molecule has 1 saturated heterocycles. The normalized spacial score (nSPS) is 17.4. The summed E-state index contributed by atoms with van der Waals surface area (Å²) >= 11 is 2.26. The number of carbonyl (C=O) groups excluding carboxylic acids is 3. The average Bonchev–Trinajstić information content (AvgIpc) is 3.04. The topological polar surface area (TPSA) is 114 Å². The summed E-state index contributed by atoms with van der Waals surface area (Å²) in [5.74, 6) is -1.87. The monoisotopic (exact) mass is 372 g/mol. The van der Waals surface area contributed by atoms with Crippen molar-refractivity contribution in [2.24, 2.45) is 0 Å². The number of hydrogen-bond acceptors (Lipinski definition) is 8. The van der Waals surface area contributed by atoms with Gasteiger partial charge in [0.15, 0.2) is 5.13 Å². The van der Waals surface area contributed by atoms with E-state index in [9.17, 15) is 19.2 Å². The van der Waals surface area contributed by atoms with E-state index < -0.39 is 23.1 Å². The van der Waals surface area contributed by atoms with Gasteiger partial charge in [0, 0.05) is 17.6 Å². The fourth-order valence-electron chi connectivity index (χ4n) is 2.06. The molecule has 1 fully saturated rings. The molecule has 0 bridgehead atoms. The van der Waals surface area contributed by atoms with Crippen molar-refractivity contribution >= 4 is 52.0 Å². The fraction of sp³-hybridized carbons (Fsp3) is 0.500. The van der Waals surface area contributed by atoms with Crippen molar-refractivity contribution in [2.45, 2.75) is 31.4 Å². The Morgan fingerprint density at radius 2 is 2.25 bits per heavy atom. The van der Waals surface area contributed by atoms with Crippen LogP contribution in [0.3, 0.4) is 0 Å². The Labute approximate surface area is 146 Å². The van der Waals surface area contributed by atoms with Crippen LogP contribution in [-0.2, 0) is 30.3 Å². The predicted molar refractivity (Wildman–Crippen MR) is 88.1 cm³/mol. The number of esters is 1. The minimum atomic E-state index is -0.945. The van der Waals surface area contributed by atoms with Crippen LogP contribution in [0.4, 0.5) is 5.13 Å². The summed E-state index contributed by atoms with van der Waals surface area (Å²) in [6.45, 7) is 1.97. The summed E-state index contributed by atoms with van der Waals surface area (Å²) in [4.78, 5) is 51.5. The second kappa shape index (κ2) is 8.25. The molecule has 1 aliphatic rings. The number of hydrogen-bond donors (Lipinski definition) is 1. The van der Waals surface area contributed by atoms with Gasteiger partial charge >= 0.3 is 11.9 Å². The molecule has 24 heavy (non-hydrogen) atoms. The minimum Gasteiger partial charge on any atom is -0.481 e. The third-order valence-corrected chi connectivity index (χ3v) is 5.19. The first kappa shape index (κ1) is 18.4. The van der Waals surface area contributed by atoms with Crippen molar-refractivity contribution in [2.75, 3.05) is 17.3 Å². The van der Waals surface area contributed by atoms with Crippen LogP contribution in [0, 0.1) is 0 Å². The second-order valence-corrected chi connectivity index (χ2v) is 7.03. The second-order valence-electron chi connectivity index (χ2n) is 4.88. The molecule has 0 saturated carbocycles. The van der Waals surface area contributed by atoms with Gasteiger partial charge in [0.1, 0.15) is 0 Å². The summed E-state index contributed by atoms with van der Waals surface area (Å²) in [7, 11) is 0. The van der Waals surface area contributed by atoms with Gasteiger partial charge in [0.05, 0.1) is 30.4 Å². The van der Waals surface area contributed by atoms with E-state index >= 15 is 0 Å². The number of amides is 2. The summed E-state index contributed by atoms with van der Waals surface area (Å²) in [6.07, 6.45) is -0.0587. The molecule has 0 spiro atoms. The molecule has 1 aromatic heterocycles. The predicted octanol–water partition coefficient (Wildman–Crippen LogP) is 1.09. The number of aliphatic carboxylic acids is 1. The molecule has 1 aliphatic heterocycles. The van der Waals surface area contributed by atoms with E-state index in [-0.39, 0.29) is 42.7 Å². The van der Waals surface area contributed by atoms with Gasteiger partial charge in [-0.15, -0.1) is 23.1 Å². The Kier molecular flexibility index (Phi) is 6.32. The summed E-state index contributed by atoms with van der Waals surface area (Å²) in [6, 6.07) is 0. The molecule has 2 rings (SSSR count). The smallest absolute Gasteiger partial charge is 0.311 e. The van der Waals surface area contributed by atoms with Gasteiger partial charge in [-0.3, -0.25) is 19.2 Å². The van der Waals surface area contributed by atoms with Crippen LogP contribution in [0.2, 0.25) is 0 Å². The highest BCUT2D eigenvalue weighted by Crippen LogP contribution is 2.31. The van der Waals surface area contributed by atoms with Crippen molar-refractivity contribution < 1.29 is 29.0 Å². The first-order valence-corrected chi connectivity index (χ1v) is 9.15. The standard InChI is InChI=1S/C14H16N2O6S2/c1-2-22-12(20)5-8-7-24-14(15-8)16-10(17)6-9(13(16)21)23-4-3-11(18)19/h7,9H,2-6H2,1H3,(H,18,19). The molecule has 1 aromatic rings. The molecule has 2 heterocycles. The maximum Gasteiger partial charge on any atom is 0.311 e. The molecule has 10 heteroatoms. The zero-order chi connectivity index (χ0) is 17.7. The van der Waals surface area contributed by atoms with Crippen LogP contribution in [-0.4, -0.2) is 51.5 Å². The molecule has 2 amide bonds. The quantitative estimate of drug-likeness (QED) is 0.533. The van der Waals surface area contributed by atoms with Crippen LogP contribution in [0.25, 0.3) is 0 Å². The maximum atomic E-state index is 12.3. The number of thioether (sulfide) groups is 1. The van der Waals surface area contributed by atoms with Crippen molar-refractivity contribution in [1.29, 1.82) is 0 Å². The number of rotatable bonds is 8. The number of thiazole rings is 1. The SMILES string of the molecule is CCOC(=O)Cc1csc(N2C(=O)CC(SCCC(=O)O)C2=O)n1. The zero-order valence-corrected chi connectivity index (χ0v) is 14.5. The number of carbonyl (C=O) groups is 4. The fourth-order valence-corrected chi connectivity index (χ4v) is 3.99. The zero-order valence-electron chi connectivity index (χ0n) is 12.9. The van der Waals surface area contributed by atoms with E-state index in [0.717, 1.165) is 28.0 Å². The molecule has 1 unspecified atom stereocenters. The van der Waals surface area contributed by atoms with Gasteiger partial charge in [-0.1, -0.05) is 0 Å². The molecular formula is C14H16N2O6S2. The van der Waals surface area contributed by atoms with Crippen LogP contribution in [0.15, 0.2) is 5.38 Å². The Hall–Kier alpha value is -1.94.